The number of aromatic amines is 1. The van der Waals surface area contributed by atoms with E-state index in [9.17, 15) is 0 Å². The van der Waals surface area contributed by atoms with E-state index in [1.807, 2.05) is 12.1 Å². The zero-order valence-corrected chi connectivity index (χ0v) is 10.2. The Labute approximate surface area is 96.1 Å². The van der Waals surface area contributed by atoms with E-state index in [1.54, 1.807) is 0 Å². The Balaban J connectivity index is 2.59. The van der Waals surface area contributed by atoms with Crippen LogP contribution in [0.3, 0.4) is 0 Å². The van der Waals surface area contributed by atoms with Gasteiger partial charge in [-0.05, 0) is 31.4 Å². The third-order valence-electron chi connectivity index (χ3n) is 3.45. The second kappa shape index (κ2) is 3.91. The van der Waals surface area contributed by atoms with Gasteiger partial charge in [0.25, 0.3) is 0 Å². The van der Waals surface area contributed by atoms with E-state index in [-0.39, 0.29) is 5.54 Å². The zero-order valence-electron chi connectivity index (χ0n) is 10.2. The molecule has 0 bridgehead atoms. The number of aromatic nitrogens is 2. The number of para-hydroxylation sites is 1. The van der Waals surface area contributed by atoms with Gasteiger partial charge in [0.05, 0.1) is 16.6 Å². The predicted octanol–water partition coefficient (Wildman–Crippen LogP) is 2.85. The zero-order chi connectivity index (χ0) is 11.8. The average Bonchev–Trinajstić information content (AvgIpc) is 2.74. The van der Waals surface area contributed by atoms with Crippen molar-refractivity contribution in [1.82, 2.24) is 9.97 Å². The molecule has 0 fully saturated rings. The lowest BCUT2D eigenvalue weighted by atomic mass is 9.93. The van der Waals surface area contributed by atoms with Crippen LogP contribution in [0, 0.1) is 6.92 Å². The van der Waals surface area contributed by atoms with Crippen molar-refractivity contribution < 1.29 is 0 Å². The van der Waals surface area contributed by atoms with E-state index in [2.05, 4.69) is 36.8 Å². The Morgan fingerprint density at radius 2 is 2.00 bits per heavy atom. The van der Waals surface area contributed by atoms with Gasteiger partial charge in [0.2, 0.25) is 0 Å². The first-order chi connectivity index (χ1) is 7.60. The van der Waals surface area contributed by atoms with Crippen LogP contribution in [-0.2, 0) is 5.54 Å². The highest BCUT2D eigenvalue weighted by molar-refractivity contribution is 5.78. The summed E-state index contributed by atoms with van der Waals surface area (Å²) in [7, 11) is 0. The van der Waals surface area contributed by atoms with Gasteiger partial charge in [0, 0.05) is 0 Å². The summed E-state index contributed by atoms with van der Waals surface area (Å²) in [5.74, 6) is 0.904. The second-order valence-electron chi connectivity index (χ2n) is 4.42. The predicted molar refractivity (Wildman–Crippen MR) is 67.3 cm³/mol. The lowest BCUT2D eigenvalue weighted by Gasteiger charge is -2.23. The molecule has 3 N–H and O–H groups in total. The number of fused-ring (bicyclic) bond motifs is 1. The van der Waals surface area contributed by atoms with Crippen LogP contribution >= 0.6 is 0 Å². The van der Waals surface area contributed by atoms with Crippen molar-refractivity contribution in [1.29, 1.82) is 0 Å². The van der Waals surface area contributed by atoms with Crippen LogP contribution in [0.1, 0.15) is 38.1 Å². The van der Waals surface area contributed by atoms with Crippen LogP contribution in [0.15, 0.2) is 18.2 Å². The molecule has 0 aliphatic carbocycles. The van der Waals surface area contributed by atoms with Crippen LogP contribution < -0.4 is 5.73 Å². The molecule has 2 aromatic rings. The molecule has 0 spiro atoms. The summed E-state index contributed by atoms with van der Waals surface area (Å²) >= 11 is 0. The highest BCUT2D eigenvalue weighted by atomic mass is 15.0. The molecule has 0 unspecified atom stereocenters. The monoisotopic (exact) mass is 217 g/mol. The van der Waals surface area contributed by atoms with Crippen molar-refractivity contribution in [3.8, 4) is 0 Å². The first kappa shape index (κ1) is 11.1. The van der Waals surface area contributed by atoms with Gasteiger partial charge in [-0.15, -0.1) is 0 Å². The maximum Gasteiger partial charge on any atom is 0.127 e. The number of H-pyrrole nitrogens is 1. The first-order valence-electron chi connectivity index (χ1n) is 5.85. The summed E-state index contributed by atoms with van der Waals surface area (Å²) in [6.45, 7) is 6.27. The molecule has 0 aliphatic heterocycles. The smallest absolute Gasteiger partial charge is 0.127 e. The third kappa shape index (κ3) is 1.61. The summed E-state index contributed by atoms with van der Waals surface area (Å²) in [5, 5.41) is 0. The maximum absolute atomic E-state index is 6.34. The fourth-order valence-corrected chi connectivity index (χ4v) is 2.00. The van der Waals surface area contributed by atoms with Gasteiger partial charge in [0.1, 0.15) is 5.82 Å². The number of hydrogen-bond donors (Lipinski definition) is 2. The van der Waals surface area contributed by atoms with E-state index in [0.29, 0.717) is 0 Å². The molecule has 0 atom stereocenters. The number of hydrogen-bond acceptors (Lipinski definition) is 2. The first-order valence-corrected chi connectivity index (χ1v) is 5.85. The maximum atomic E-state index is 6.34. The topological polar surface area (TPSA) is 54.7 Å². The summed E-state index contributed by atoms with van der Waals surface area (Å²) in [4.78, 5) is 7.99. The average molecular weight is 217 g/mol. The van der Waals surface area contributed by atoms with Crippen LogP contribution in [-0.4, -0.2) is 9.97 Å². The molecule has 3 heteroatoms. The number of rotatable bonds is 3. The minimum Gasteiger partial charge on any atom is -0.340 e. The molecule has 0 radical (unpaired) electrons. The SMILES string of the molecule is CCC(N)(CC)c1nc2c(C)cccc2[nH]1. The summed E-state index contributed by atoms with van der Waals surface area (Å²) in [6, 6.07) is 6.16. The molecule has 3 nitrogen and oxygen atoms in total. The van der Waals surface area contributed by atoms with Gasteiger partial charge in [-0.2, -0.15) is 0 Å². The van der Waals surface area contributed by atoms with Crippen molar-refractivity contribution in [2.45, 2.75) is 39.2 Å². The number of aryl methyl sites for hydroxylation is 1. The van der Waals surface area contributed by atoms with Crippen molar-refractivity contribution in [3.05, 3.63) is 29.6 Å². The highest BCUT2D eigenvalue weighted by Crippen LogP contribution is 2.26. The third-order valence-corrected chi connectivity index (χ3v) is 3.45. The molecule has 16 heavy (non-hydrogen) atoms. The van der Waals surface area contributed by atoms with Crippen molar-refractivity contribution in [2.75, 3.05) is 0 Å². The van der Waals surface area contributed by atoms with Gasteiger partial charge in [-0.1, -0.05) is 26.0 Å². The number of nitrogens with one attached hydrogen (secondary N) is 1. The van der Waals surface area contributed by atoms with Crippen LogP contribution in [0.25, 0.3) is 11.0 Å². The number of nitrogens with two attached hydrogens (primary N) is 1. The highest BCUT2D eigenvalue weighted by Gasteiger charge is 2.26. The molecular weight excluding hydrogens is 198 g/mol. The Kier molecular flexibility index (Phi) is 2.72. The van der Waals surface area contributed by atoms with E-state index < -0.39 is 0 Å². The summed E-state index contributed by atoms with van der Waals surface area (Å²) in [6.07, 6.45) is 1.78. The van der Waals surface area contributed by atoms with Crippen molar-refractivity contribution in [2.24, 2.45) is 5.73 Å². The van der Waals surface area contributed by atoms with Gasteiger partial charge >= 0.3 is 0 Å². The molecule has 0 saturated carbocycles. The minimum absolute atomic E-state index is 0.328. The number of imidazole rings is 1. The van der Waals surface area contributed by atoms with Crippen molar-refractivity contribution >= 4 is 11.0 Å². The Morgan fingerprint density at radius 1 is 1.31 bits per heavy atom. The van der Waals surface area contributed by atoms with Gasteiger partial charge in [0.15, 0.2) is 0 Å². The van der Waals surface area contributed by atoms with E-state index >= 15 is 0 Å². The minimum atomic E-state index is -0.328. The summed E-state index contributed by atoms with van der Waals surface area (Å²) < 4.78 is 0. The lowest BCUT2D eigenvalue weighted by molar-refractivity contribution is 0.392. The molecule has 1 aromatic heterocycles. The molecule has 1 heterocycles. The summed E-state index contributed by atoms with van der Waals surface area (Å²) in [5.41, 5.74) is 9.31. The Morgan fingerprint density at radius 3 is 2.56 bits per heavy atom. The Hall–Kier alpha value is -1.35. The lowest BCUT2D eigenvalue weighted by Crippen LogP contribution is -2.36. The van der Waals surface area contributed by atoms with Crippen LogP contribution in [0.5, 0.6) is 0 Å². The second-order valence-corrected chi connectivity index (χ2v) is 4.42. The van der Waals surface area contributed by atoms with Gasteiger partial charge < -0.3 is 10.7 Å². The molecule has 0 saturated heterocycles. The van der Waals surface area contributed by atoms with Crippen LogP contribution in [0.2, 0.25) is 0 Å². The Bertz CT molecular complexity index is 495. The quantitative estimate of drug-likeness (QED) is 0.830. The molecular formula is C13H19N3. The number of nitrogens with zero attached hydrogens (tertiary/aromatic N) is 1. The molecule has 1 aromatic carbocycles. The number of benzene rings is 1. The molecule has 0 aliphatic rings. The van der Waals surface area contributed by atoms with E-state index in [4.69, 9.17) is 5.73 Å². The fourth-order valence-electron chi connectivity index (χ4n) is 2.00. The molecule has 2 rings (SSSR count). The fraction of sp³-hybridized carbons (Fsp3) is 0.462. The molecule has 86 valence electrons. The van der Waals surface area contributed by atoms with Crippen molar-refractivity contribution in [3.63, 3.8) is 0 Å². The normalized spacial score (nSPS) is 12.2. The molecule has 0 amide bonds. The van der Waals surface area contributed by atoms with Crippen LogP contribution in [0.4, 0.5) is 0 Å². The van der Waals surface area contributed by atoms with E-state index in [0.717, 1.165) is 29.7 Å². The largest absolute Gasteiger partial charge is 0.340 e. The standard InChI is InChI=1S/C13H19N3/c1-4-13(14,5-2)12-15-10-8-6-7-9(3)11(10)16-12/h6-8H,4-5,14H2,1-3H3,(H,15,16). The van der Waals surface area contributed by atoms with Gasteiger partial charge in [-0.3, -0.25) is 0 Å². The van der Waals surface area contributed by atoms with E-state index in [1.165, 1.54) is 5.56 Å². The van der Waals surface area contributed by atoms with Gasteiger partial charge in [-0.25, -0.2) is 4.98 Å².